The Morgan fingerprint density at radius 3 is 2.90 bits per heavy atom. The predicted molar refractivity (Wildman–Crippen MR) is 115 cm³/mol. The highest BCUT2D eigenvalue weighted by atomic mass is 32.1. The van der Waals surface area contributed by atoms with Gasteiger partial charge in [0.2, 0.25) is 10.9 Å². The number of nitrogens with one attached hydrogen (secondary N) is 2. The van der Waals surface area contributed by atoms with E-state index >= 15 is 0 Å². The highest BCUT2D eigenvalue weighted by Crippen LogP contribution is 2.33. The molecule has 3 aromatic rings. The molecule has 0 saturated carbocycles. The maximum atomic E-state index is 12.6. The second-order valence-electron chi connectivity index (χ2n) is 6.51. The molecule has 0 unspecified atom stereocenters. The first-order valence-electron chi connectivity index (χ1n) is 9.23. The molecular formula is C19H21N7O2S. The van der Waals surface area contributed by atoms with Crippen molar-refractivity contribution in [2.24, 2.45) is 5.73 Å². The minimum Gasteiger partial charge on any atom is -0.354 e. The molecule has 1 amide bonds. The Hall–Kier alpha value is -3.08. The van der Waals surface area contributed by atoms with Gasteiger partial charge >= 0.3 is 0 Å². The van der Waals surface area contributed by atoms with Gasteiger partial charge in [-0.3, -0.25) is 9.59 Å². The number of hydrogen-bond acceptors (Lipinski definition) is 8. The molecule has 29 heavy (non-hydrogen) atoms. The zero-order valence-electron chi connectivity index (χ0n) is 15.7. The summed E-state index contributed by atoms with van der Waals surface area (Å²) in [6.45, 7) is 7.07. The lowest BCUT2D eigenvalue weighted by Gasteiger charge is -2.27. The average Bonchev–Trinajstić information content (AvgIpc) is 3.19. The summed E-state index contributed by atoms with van der Waals surface area (Å²) in [4.78, 5) is 31.6. The van der Waals surface area contributed by atoms with Gasteiger partial charge in [0.1, 0.15) is 10.8 Å². The van der Waals surface area contributed by atoms with E-state index in [4.69, 9.17) is 5.73 Å². The second-order valence-corrected chi connectivity index (χ2v) is 7.47. The molecule has 4 N–H and O–H groups in total. The zero-order chi connectivity index (χ0) is 20.4. The molecule has 1 aromatic carbocycles. The van der Waals surface area contributed by atoms with Crippen molar-refractivity contribution in [1.29, 1.82) is 0 Å². The van der Waals surface area contributed by atoms with Crippen molar-refractivity contribution < 1.29 is 4.79 Å². The Bertz CT molecular complexity index is 1130. The molecule has 0 spiro atoms. The number of aromatic nitrogens is 3. The normalized spacial score (nSPS) is 14.2. The van der Waals surface area contributed by atoms with Crippen LogP contribution in [0, 0.1) is 0 Å². The fraction of sp³-hybridized carbons (Fsp3) is 0.263. The van der Waals surface area contributed by atoms with E-state index in [1.807, 2.05) is 12.1 Å². The molecule has 0 aliphatic carbocycles. The third-order valence-electron chi connectivity index (χ3n) is 4.67. The highest BCUT2D eigenvalue weighted by molar-refractivity contribution is 7.19. The predicted octanol–water partition coefficient (Wildman–Crippen LogP) is 0.768. The average molecular weight is 411 g/mol. The lowest BCUT2D eigenvalue weighted by atomic mass is 10.1. The number of carbonyl (C=O) groups excluding carboxylic acids is 1. The Labute approximate surface area is 170 Å². The van der Waals surface area contributed by atoms with E-state index in [0.717, 1.165) is 31.7 Å². The number of rotatable bonds is 5. The van der Waals surface area contributed by atoms with Crippen molar-refractivity contribution in [2.75, 3.05) is 42.9 Å². The van der Waals surface area contributed by atoms with Gasteiger partial charge in [0.15, 0.2) is 0 Å². The molecular weight excluding hydrogens is 390 g/mol. The molecule has 1 saturated heterocycles. The van der Waals surface area contributed by atoms with Crippen LogP contribution in [0.5, 0.6) is 0 Å². The van der Waals surface area contributed by atoms with Gasteiger partial charge in [0.05, 0.1) is 6.54 Å². The van der Waals surface area contributed by atoms with Crippen LogP contribution in [0.1, 0.15) is 5.56 Å². The number of piperazine rings is 1. The molecule has 0 atom stereocenters. The standard InChI is InChI=1S/C19H21N7O2S/c1-2-12-13(4-3-5-14(12)22-16(27)11-20)18-24-26-17(28)10-15(23-19(26)29-18)25-8-6-21-7-9-25/h2-5,10,21H,1,6-9,11,20H2,(H,22,27). The maximum Gasteiger partial charge on any atom is 0.277 e. The summed E-state index contributed by atoms with van der Waals surface area (Å²) in [6, 6.07) is 6.97. The molecule has 9 nitrogen and oxygen atoms in total. The Morgan fingerprint density at radius 1 is 1.38 bits per heavy atom. The molecule has 0 bridgehead atoms. The van der Waals surface area contributed by atoms with E-state index < -0.39 is 0 Å². The Morgan fingerprint density at radius 2 is 2.17 bits per heavy atom. The first-order chi connectivity index (χ1) is 14.1. The first-order valence-corrected chi connectivity index (χ1v) is 10.0. The minimum absolute atomic E-state index is 0.115. The van der Waals surface area contributed by atoms with E-state index in [9.17, 15) is 9.59 Å². The fourth-order valence-electron chi connectivity index (χ4n) is 3.25. The molecule has 1 aliphatic rings. The van der Waals surface area contributed by atoms with Gasteiger partial charge < -0.3 is 21.3 Å². The molecule has 10 heteroatoms. The number of anilines is 2. The highest BCUT2D eigenvalue weighted by Gasteiger charge is 2.18. The van der Waals surface area contributed by atoms with Gasteiger partial charge in [-0.1, -0.05) is 36.1 Å². The number of nitrogens with two attached hydrogens (primary N) is 1. The third kappa shape index (κ3) is 3.77. The minimum atomic E-state index is -0.298. The summed E-state index contributed by atoms with van der Waals surface area (Å²) in [5.74, 6) is 0.368. The fourth-order valence-corrected chi connectivity index (χ4v) is 4.19. The quantitative estimate of drug-likeness (QED) is 0.567. The Kier molecular flexibility index (Phi) is 5.38. The van der Waals surface area contributed by atoms with Crippen LogP contribution >= 0.6 is 11.3 Å². The molecule has 1 aliphatic heterocycles. The van der Waals surface area contributed by atoms with Crippen LogP contribution in [-0.4, -0.2) is 53.2 Å². The van der Waals surface area contributed by atoms with Crippen molar-refractivity contribution in [2.45, 2.75) is 0 Å². The van der Waals surface area contributed by atoms with Gasteiger partial charge in [-0.25, -0.2) is 4.98 Å². The molecule has 1 fully saturated rings. The molecule has 150 valence electrons. The largest absolute Gasteiger partial charge is 0.354 e. The van der Waals surface area contributed by atoms with Crippen LogP contribution < -0.4 is 26.8 Å². The van der Waals surface area contributed by atoms with E-state index in [1.54, 1.807) is 12.1 Å². The first kappa shape index (κ1) is 19.2. The maximum absolute atomic E-state index is 12.6. The SMILES string of the molecule is C=Cc1c(NC(=O)CN)cccc1-c1nn2c(=O)cc(N3CCNCC3)nc2s1. The van der Waals surface area contributed by atoms with Gasteiger partial charge in [-0.2, -0.15) is 9.61 Å². The van der Waals surface area contributed by atoms with Crippen LogP contribution in [0.15, 0.2) is 35.6 Å². The van der Waals surface area contributed by atoms with Crippen LogP contribution in [-0.2, 0) is 4.79 Å². The molecule has 0 radical (unpaired) electrons. The summed E-state index contributed by atoms with van der Waals surface area (Å²) in [7, 11) is 0. The topological polar surface area (TPSA) is 118 Å². The van der Waals surface area contributed by atoms with E-state index in [1.165, 1.54) is 21.9 Å². The van der Waals surface area contributed by atoms with Crippen LogP contribution in [0.3, 0.4) is 0 Å². The monoisotopic (exact) mass is 411 g/mol. The van der Waals surface area contributed by atoms with Crippen LogP contribution in [0.25, 0.3) is 21.6 Å². The summed E-state index contributed by atoms with van der Waals surface area (Å²) < 4.78 is 1.31. The van der Waals surface area contributed by atoms with Crippen LogP contribution in [0.2, 0.25) is 0 Å². The number of carbonyl (C=O) groups is 1. The second kappa shape index (κ2) is 8.11. The lowest BCUT2D eigenvalue weighted by Crippen LogP contribution is -2.44. The number of hydrogen-bond donors (Lipinski definition) is 3. The van der Waals surface area contributed by atoms with Crippen molar-refractivity contribution >= 4 is 39.8 Å². The van der Waals surface area contributed by atoms with Gasteiger partial charge in [-0.15, -0.1) is 0 Å². The number of amides is 1. The smallest absolute Gasteiger partial charge is 0.277 e. The summed E-state index contributed by atoms with van der Waals surface area (Å²) in [5, 5.41) is 11.1. The van der Waals surface area contributed by atoms with Crippen molar-refractivity contribution in [3.05, 3.63) is 46.8 Å². The third-order valence-corrected chi connectivity index (χ3v) is 5.61. The molecule has 4 rings (SSSR count). The number of nitrogens with zero attached hydrogens (tertiary/aromatic N) is 4. The number of fused-ring (bicyclic) bond motifs is 1. The molecule has 2 aromatic heterocycles. The summed E-state index contributed by atoms with van der Waals surface area (Å²) in [6.07, 6.45) is 1.65. The van der Waals surface area contributed by atoms with Crippen molar-refractivity contribution in [3.63, 3.8) is 0 Å². The zero-order valence-corrected chi connectivity index (χ0v) is 16.5. The number of benzene rings is 1. The summed E-state index contributed by atoms with van der Waals surface area (Å²) >= 11 is 1.32. The van der Waals surface area contributed by atoms with Crippen molar-refractivity contribution in [1.82, 2.24) is 19.9 Å². The van der Waals surface area contributed by atoms with E-state index in [0.29, 0.717) is 27.0 Å². The van der Waals surface area contributed by atoms with Crippen LogP contribution in [0.4, 0.5) is 11.5 Å². The van der Waals surface area contributed by atoms with E-state index in [-0.39, 0.29) is 18.0 Å². The summed E-state index contributed by atoms with van der Waals surface area (Å²) in [5.41, 5.74) is 7.24. The van der Waals surface area contributed by atoms with E-state index in [2.05, 4.69) is 32.2 Å². The Balaban J connectivity index is 1.78. The van der Waals surface area contributed by atoms with Gasteiger partial charge in [-0.05, 0) is 6.07 Å². The molecule has 3 heterocycles. The van der Waals surface area contributed by atoms with Gasteiger partial charge in [0, 0.05) is 49.1 Å². The van der Waals surface area contributed by atoms with Gasteiger partial charge in [0.25, 0.3) is 5.56 Å². The lowest BCUT2D eigenvalue weighted by molar-refractivity contribution is -0.114. The van der Waals surface area contributed by atoms with Crippen molar-refractivity contribution in [3.8, 4) is 10.6 Å².